The molecule has 0 bridgehead atoms. The van der Waals surface area contributed by atoms with Gasteiger partial charge in [-0.2, -0.15) is 0 Å². The number of hydrogen-bond acceptors (Lipinski definition) is 4. The number of rotatable bonds is 3. The number of fused-ring (bicyclic) bond motifs is 1. The summed E-state index contributed by atoms with van der Waals surface area (Å²) in [5.74, 6) is 2.19. The molecule has 1 aromatic rings. The van der Waals surface area contributed by atoms with Gasteiger partial charge < -0.3 is 14.4 Å². The molecule has 1 aliphatic carbocycles. The molecule has 2 fully saturated rings. The molecule has 106 valence electrons. The van der Waals surface area contributed by atoms with Crippen molar-refractivity contribution in [2.24, 2.45) is 5.92 Å². The summed E-state index contributed by atoms with van der Waals surface area (Å²) in [6, 6.07) is 1.90. The molecule has 5 heteroatoms. The Kier molecular flexibility index (Phi) is 2.79. The minimum Gasteiger partial charge on any atom is -0.488 e. The van der Waals surface area contributed by atoms with E-state index in [-0.39, 0.29) is 6.10 Å². The van der Waals surface area contributed by atoms with Crippen LogP contribution in [0, 0.1) is 5.92 Å². The molecular formula is C15H18N2O3. The maximum Gasteiger partial charge on any atom is 0.225 e. The highest BCUT2D eigenvalue weighted by Crippen LogP contribution is 2.34. The van der Waals surface area contributed by atoms with Gasteiger partial charge in [-0.25, -0.2) is 4.98 Å². The average molecular weight is 274 g/mol. The van der Waals surface area contributed by atoms with Gasteiger partial charge in [0.15, 0.2) is 0 Å². The molecule has 3 heterocycles. The second-order valence-corrected chi connectivity index (χ2v) is 5.78. The van der Waals surface area contributed by atoms with Gasteiger partial charge in [0.1, 0.15) is 11.9 Å². The van der Waals surface area contributed by atoms with Crippen LogP contribution in [0.5, 0.6) is 11.6 Å². The number of amides is 1. The summed E-state index contributed by atoms with van der Waals surface area (Å²) in [4.78, 5) is 18.2. The number of likely N-dealkylation sites (tertiary alicyclic amines) is 1. The Bertz CT molecular complexity index is 542. The van der Waals surface area contributed by atoms with Crippen molar-refractivity contribution in [2.75, 3.05) is 19.7 Å². The summed E-state index contributed by atoms with van der Waals surface area (Å²) in [6.07, 6.45) is 5.73. The number of nitrogens with zero attached hydrogens (tertiary/aromatic N) is 2. The highest BCUT2D eigenvalue weighted by atomic mass is 16.5. The van der Waals surface area contributed by atoms with Gasteiger partial charge in [0, 0.05) is 31.5 Å². The van der Waals surface area contributed by atoms with Crippen LogP contribution in [0.1, 0.15) is 24.8 Å². The Labute approximate surface area is 117 Å². The van der Waals surface area contributed by atoms with Crippen LogP contribution >= 0.6 is 0 Å². The number of ether oxygens (including phenoxy) is 2. The van der Waals surface area contributed by atoms with Gasteiger partial charge in [0.25, 0.3) is 0 Å². The molecule has 1 amide bonds. The Morgan fingerprint density at radius 2 is 2.30 bits per heavy atom. The summed E-state index contributed by atoms with van der Waals surface area (Å²) < 4.78 is 11.5. The van der Waals surface area contributed by atoms with Crippen molar-refractivity contribution in [3.05, 3.63) is 17.8 Å². The number of pyridine rings is 1. The SMILES string of the molecule is O=C(C1CC1)N1CCC(Oc2ccnc3c2CCO3)C1. The molecule has 1 saturated heterocycles. The number of carbonyl (C=O) groups excluding carboxylic acids is 1. The molecule has 4 rings (SSSR count). The second-order valence-electron chi connectivity index (χ2n) is 5.78. The molecule has 0 N–H and O–H groups in total. The highest BCUT2D eigenvalue weighted by molar-refractivity contribution is 5.81. The lowest BCUT2D eigenvalue weighted by atomic mass is 10.2. The van der Waals surface area contributed by atoms with Crippen LogP contribution < -0.4 is 9.47 Å². The smallest absolute Gasteiger partial charge is 0.225 e. The largest absolute Gasteiger partial charge is 0.488 e. The van der Waals surface area contributed by atoms with E-state index in [1.165, 1.54) is 0 Å². The molecule has 1 unspecified atom stereocenters. The topological polar surface area (TPSA) is 51.7 Å². The first-order chi connectivity index (χ1) is 9.81. The van der Waals surface area contributed by atoms with Gasteiger partial charge in [-0.3, -0.25) is 4.79 Å². The Morgan fingerprint density at radius 3 is 3.15 bits per heavy atom. The molecule has 2 aliphatic heterocycles. The molecule has 0 spiro atoms. The van der Waals surface area contributed by atoms with Crippen LogP contribution in [0.3, 0.4) is 0 Å². The molecule has 0 radical (unpaired) electrons. The van der Waals surface area contributed by atoms with Gasteiger partial charge in [-0.05, 0) is 18.9 Å². The summed E-state index contributed by atoms with van der Waals surface area (Å²) in [6.45, 7) is 2.22. The van der Waals surface area contributed by atoms with E-state index in [1.54, 1.807) is 6.20 Å². The van der Waals surface area contributed by atoms with Gasteiger partial charge in [0.2, 0.25) is 11.8 Å². The monoisotopic (exact) mass is 274 g/mol. The van der Waals surface area contributed by atoms with Crippen LogP contribution in [-0.4, -0.2) is 41.6 Å². The minimum absolute atomic E-state index is 0.102. The summed E-state index contributed by atoms with van der Waals surface area (Å²) >= 11 is 0. The zero-order chi connectivity index (χ0) is 13.5. The van der Waals surface area contributed by atoms with Crippen LogP contribution in [0.2, 0.25) is 0 Å². The number of hydrogen-bond donors (Lipinski definition) is 0. The van der Waals surface area contributed by atoms with Crippen LogP contribution in [-0.2, 0) is 11.2 Å². The van der Waals surface area contributed by atoms with Crippen molar-refractivity contribution in [3.63, 3.8) is 0 Å². The van der Waals surface area contributed by atoms with Gasteiger partial charge >= 0.3 is 0 Å². The van der Waals surface area contributed by atoms with Crippen LogP contribution in [0.15, 0.2) is 12.3 Å². The van der Waals surface area contributed by atoms with Gasteiger partial charge in [-0.15, -0.1) is 0 Å². The quantitative estimate of drug-likeness (QED) is 0.836. The predicted molar refractivity (Wildman–Crippen MR) is 71.8 cm³/mol. The standard InChI is InChI=1S/C15H18N2O3/c18-15(10-1-2-10)17-7-4-11(9-17)20-13-3-6-16-14-12(13)5-8-19-14/h3,6,10-11H,1-2,4-5,7-9H2. The van der Waals surface area contributed by atoms with Gasteiger partial charge in [-0.1, -0.05) is 0 Å². The fourth-order valence-corrected chi connectivity index (χ4v) is 2.96. The van der Waals surface area contributed by atoms with Crippen molar-refractivity contribution < 1.29 is 14.3 Å². The Balaban J connectivity index is 1.43. The van der Waals surface area contributed by atoms with Crippen molar-refractivity contribution in [3.8, 4) is 11.6 Å². The van der Waals surface area contributed by atoms with Crippen molar-refractivity contribution in [2.45, 2.75) is 31.8 Å². The van der Waals surface area contributed by atoms with Crippen molar-refractivity contribution in [1.29, 1.82) is 0 Å². The highest BCUT2D eigenvalue weighted by Gasteiger charge is 2.37. The summed E-state index contributed by atoms with van der Waals surface area (Å²) in [5.41, 5.74) is 1.07. The fourth-order valence-electron chi connectivity index (χ4n) is 2.96. The third kappa shape index (κ3) is 2.11. The molecule has 5 nitrogen and oxygen atoms in total. The normalized spacial score (nSPS) is 24.4. The maximum atomic E-state index is 12.0. The van der Waals surface area contributed by atoms with E-state index in [4.69, 9.17) is 9.47 Å². The third-order valence-corrected chi connectivity index (χ3v) is 4.24. The van der Waals surface area contributed by atoms with Gasteiger partial charge in [0.05, 0.1) is 18.7 Å². The van der Waals surface area contributed by atoms with Crippen LogP contribution in [0.25, 0.3) is 0 Å². The van der Waals surface area contributed by atoms with E-state index in [9.17, 15) is 4.79 Å². The summed E-state index contributed by atoms with van der Waals surface area (Å²) in [5, 5.41) is 0. The van der Waals surface area contributed by atoms with E-state index in [1.807, 2.05) is 11.0 Å². The van der Waals surface area contributed by atoms with Crippen molar-refractivity contribution >= 4 is 5.91 Å². The number of aromatic nitrogens is 1. The second kappa shape index (κ2) is 4.65. The summed E-state index contributed by atoms with van der Waals surface area (Å²) in [7, 11) is 0. The van der Waals surface area contributed by atoms with E-state index in [0.29, 0.717) is 30.9 Å². The fraction of sp³-hybridized carbons (Fsp3) is 0.600. The average Bonchev–Trinajstić information content (AvgIpc) is 3.00. The minimum atomic E-state index is 0.102. The van der Waals surface area contributed by atoms with E-state index >= 15 is 0 Å². The molecule has 3 aliphatic rings. The van der Waals surface area contributed by atoms with E-state index in [0.717, 1.165) is 43.5 Å². The molecule has 1 aromatic heterocycles. The predicted octanol–water partition coefficient (Wildman–Crippen LogP) is 1.41. The van der Waals surface area contributed by atoms with Crippen molar-refractivity contribution in [1.82, 2.24) is 9.88 Å². The molecular weight excluding hydrogens is 256 g/mol. The zero-order valence-electron chi connectivity index (χ0n) is 11.4. The Hall–Kier alpha value is -1.78. The van der Waals surface area contributed by atoms with E-state index in [2.05, 4.69) is 4.98 Å². The third-order valence-electron chi connectivity index (χ3n) is 4.24. The zero-order valence-corrected chi connectivity index (χ0v) is 11.4. The molecule has 1 atom stereocenters. The first-order valence-electron chi connectivity index (χ1n) is 7.37. The molecule has 1 saturated carbocycles. The first kappa shape index (κ1) is 12.0. The Morgan fingerprint density at radius 1 is 1.40 bits per heavy atom. The number of carbonyl (C=O) groups is 1. The maximum absolute atomic E-state index is 12.0. The van der Waals surface area contributed by atoms with E-state index < -0.39 is 0 Å². The molecule has 20 heavy (non-hydrogen) atoms. The van der Waals surface area contributed by atoms with Crippen LogP contribution in [0.4, 0.5) is 0 Å². The lowest BCUT2D eigenvalue weighted by Gasteiger charge is -2.18. The lowest BCUT2D eigenvalue weighted by Crippen LogP contribution is -2.32. The lowest BCUT2D eigenvalue weighted by molar-refractivity contribution is -0.131. The molecule has 0 aromatic carbocycles. The first-order valence-corrected chi connectivity index (χ1v) is 7.37.